The summed E-state index contributed by atoms with van der Waals surface area (Å²) in [5.74, 6) is -1.23. The minimum absolute atomic E-state index is 0.00245. The Hall–Kier alpha value is -3.35. The van der Waals surface area contributed by atoms with E-state index in [1.165, 1.54) is 6.07 Å². The number of nitriles is 1. The van der Waals surface area contributed by atoms with Crippen LogP contribution in [-0.4, -0.2) is 48.6 Å². The number of amides is 1. The van der Waals surface area contributed by atoms with Crippen LogP contribution in [0.3, 0.4) is 0 Å². The molecule has 0 radical (unpaired) electrons. The topological polar surface area (TPSA) is 127 Å². The van der Waals surface area contributed by atoms with Gasteiger partial charge in [0.1, 0.15) is 5.69 Å². The molecule has 1 aliphatic rings. The summed E-state index contributed by atoms with van der Waals surface area (Å²) in [5.41, 5.74) is 8.27. The number of halogens is 1. The summed E-state index contributed by atoms with van der Waals surface area (Å²) in [5, 5.41) is 19.0. The molecule has 1 unspecified atom stereocenters. The average molecular weight is 443 g/mol. The first-order chi connectivity index (χ1) is 14.8. The first-order valence-corrected chi connectivity index (χ1v) is 10.1. The molecule has 1 fully saturated rings. The molecule has 3 N–H and O–H groups in total. The molecule has 0 spiro atoms. The lowest BCUT2D eigenvalue weighted by Crippen LogP contribution is -2.43. The number of anilines is 3. The van der Waals surface area contributed by atoms with Crippen LogP contribution in [0.15, 0.2) is 30.3 Å². The van der Waals surface area contributed by atoms with Gasteiger partial charge in [-0.3, -0.25) is 4.79 Å². The molecule has 2 aromatic rings. The van der Waals surface area contributed by atoms with Crippen LogP contribution in [0.5, 0.6) is 0 Å². The molecular formula is C21H23ClN6O3. The van der Waals surface area contributed by atoms with Crippen molar-refractivity contribution in [1.82, 2.24) is 4.98 Å². The Balaban J connectivity index is 2.16. The number of aromatic nitrogens is 1. The van der Waals surface area contributed by atoms with Crippen LogP contribution < -0.4 is 20.0 Å². The highest BCUT2D eigenvalue weighted by Crippen LogP contribution is 2.40. The van der Waals surface area contributed by atoms with Crippen LogP contribution in [0, 0.1) is 11.3 Å². The maximum absolute atomic E-state index is 11.7. The number of nitrogens with zero attached hydrogens (tertiary/aromatic N) is 5. The molecule has 31 heavy (non-hydrogen) atoms. The molecule has 0 bridgehead atoms. The lowest BCUT2D eigenvalue weighted by Gasteiger charge is -2.36. The highest BCUT2D eigenvalue weighted by Gasteiger charge is 2.28. The monoisotopic (exact) mass is 442 g/mol. The van der Waals surface area contributed by atoms with E-state index in [4.69, 9.17) is 17.5 Å². The van der Waals surface area contributed by atoms with Crippen molar-refractivity contribution in [3.63, 3.8) is 0 Å². The second-order valence-corrected chi connectivity index (χ2v) is 7.76. The molecular weight excluding hydrogens is 420 g/mol. The van der Waals surface area contributed by atoms with Crippen molar-refractivity contribution in [2.24, 2.45) is 5.73 Å². The maximum Gasteiger partial charge on any atom is 0.354 e. The van der Waals surface area contributed by atoms with Gasteiger partial charge in [0.2, 0.25) is 6.41 Å². The van der Waals surface area contributed by atoms with E-state index in [9.17, 15) is 20.0 Å². The highest BCUT2D eigenvalue weighted by molar-refractivity contribution is 6.33. The first kappa shape index (κ1) is 22.3. The minimum atomic E-state index is -1.23. The van der Waals surface area contributed by atoms with E-state index in [2.05, 4.69) is 11.1 Å². The molecule has 1 amide bonds. The number of pyridine rings is 1. The number of hydrogen-bond acceptors (Lipinski definition) is 7. The third kappa shape index (κ3) is 4.87. The van der Waals surface area contributed by atoms with Gasteiger partial charge in [0.05, 0.1) is 17.3 Å². The van der Waals surface area contributed by atoms with Crippen molar-refractivity contribution in [2.75, 3.05) is 34.4 Å². The lowest BCUT2D eigenvalue weighted by molar-refractivity contribution is -0.106. The van der Waals surface area contributed by atoms with E-state index >= 15 is 0 Å². The summed E-state index contributed by atoms with van der Waals surface area (Å²) in [4.78, 5) is 31.1. The normalized spacial score (nSPS) is 15.8. The number of carbonyl (C=O) groups is 2. The molecule has 162 valence electrons. The van der Waals surface area contributed by atoms with Gasteiger partial charge in [0, 0.05) is 44.5 Å². The number of piperidine rings is 1. The van der Waals surface area contributed by atoms with E-state index in [0.717, 1.165) is 22.8 Å². The molecule has 0 aliphatic carbocycles. The van der Waals surface area contributed by atoms with Crippen LogP contribution in [-0.2, 0) is 11.3 Å². The molecule has 2 heterocycles. The standard InChI is InChI=1S/C21H23ClN6O3/c1-26(11-15-6-3-2-5-14(15)10-23)19-18(27-8-4-7-16(24)12-27)9-17(21(30)31)25-20(19)28(22)13-29/h2-3,5-6,9,13,16H,4,7-8,11-12,24H2,1H3,(H,30,31). The van der Waals surface area contributed by atoms with Crippen LogP contribution in [0.4, 0.5) is 17.2 Å². The summed E-state index contributed by atoms with van der Waals surface area (Å²) in [6, 6.07) is 10.8. The van der Waals surface area contributed by atoms with Crippen molar-refractivity contribution in [1.29, 1.82) is 5.26 Å². The lowest BCUT2D eigenvalue weighted by atomic mass is 10.0. The van der Waals surface area contributed by atoms with Crippen LogP contribution in [0.25, 0.3) is 0 Å². The van der Waals surface area contributed by atoms with Gasteiger partial charge in [-0.15, -0.1) is 0 Å². The zero-order valence-corrected chi connectivity index (χ0v) is 17.8. The molecule has 1 atom stereocenters. The number of carbonyl (C=O) groups excluding carboxylic acids is 1. The Morgan fingerprint density at radius 2 is 2.23 bits per heavy atom. The molecule has 1 aromatic carbocycles. The smallest absolute Gasteiger partial charge is 0.354 e. The molecule has 10 heteroatoms. The van der Waals surface area contributed by atoms with Crippen LogP contribution >= 0.6 is 11.8 Å². The Labute approximate surface area is 185 Å². The summed E-state index contributed by atoms with van der Waals surface area (Å²) >= 11 is 6.11. The van der Waals surface area contributed by atoms with E-state index in [0.29, 0.717) is 43.0 Å². The fraction of sp³-hybridized carbons (Fsp3) is 0.333. The predicted molar refractivity (Wildman–Crippen MR) is 118 cm³/mol. The number of benzene rings is 1. The van der Waals surface area contributed by atoms with Crippen LogP contribution in [0.1, 0.15) is 34.5 Å². The number of hydrogen-bond donors (Lipinski definition) is 2. The maximum atomic E-state index is 11.7. The molecule has 1 saturated heterocycles. The van der Waals surface area contributed by atoms with Crippen LogP contribution in [0.2, 0.25) is 0 Å². The minimum Gasteiger partial charge on any atom is -0.477 e. The van der Waals surface area contributed by atoms with Crippen molar-refractivity contribution in [3.05, 3.63) is 47.2 Å². The second kappa shape index (κ2) is 9.64. The SMILES string of the molecule is CN(Cc1ccccc1C#N)c1c(N2CCCC(N)C2)cc(C(=O)O)nc1N(Cl)C=O. The Kier molecular flexibility index (Phi) is 6.95. The number of rotatable bonds is 7. The Morgan fingerprint density at radius 1 is 1.48 bits per heavy atom. The van der Waals surface area contributed by atoms with Crippen molar-refractivity contribution >= 4 is 41.3 Å². The van der Waals surface area contributed by atoms with Gasteiger partial charge in [0.15, 0.2) is 11.5 Å². The van der Waals surface area contributed by atoms with Crippen molar-refractivity contribution < 1.29 is 14.7 Å². The molecule has 1 aromatic heterocycles. The van der Waals surface area contributed by atoms with E-state index in [1.54, 1.807) is 24.1 Å². The number of aromatic carboxylic acids is 1. The summed E-state index contributed by atoms with van der Waals surface area (Å²) in [7, 11) is 1.78. The van der Waals surface area contributed by atoms with Gasteiger partial charge in [-0.1, -0.05) is 18.2 Å². The van der Waals surface area contributed by atoms with Crippen molar-refractivity contribution in [2.45, 2.75) is 25.4 Å². The summed E-state index contributed by atoms with van der Waals surface area (Å²) in [6.45, 7) is 1.53. The predicted octanol–water partition coefficient (Wildman–Crippen LogP) is 2.33. The highest BCUT2D eigenvalue weighted by atomic mass is 35.5. The van der Waals surface area contributed by atoms with Gasteiger partial charge < -0.3 is 20.6 Å². The molecule has 9 nitrogen and oxygen atoms in total. The second-order valence-electron chi connectivity index (χ2n) is 7.39. The number of carboxylic acids is 1. The molecule has 0 saturated carbocycles. The fourth-order valence-corrected chi connectivity index (χ4v) is 3.88. The number of nitrogens with two attached hydrogens (primary N) is 1. The summed E-state index contributed by atoms with van der Waals surface area (Å²) < 4.78 is 0.738. The van der Waals surface area contributed by atoms with E-state index in [-0.39, 0.29) is 17.6 Å². The number of carboxylic acid groups (broad SMARTS) is 1. The van der Waals surface area contributed by atoms with Gasteiger partial charge in [-0.05, 0) is 30.5 Å². The quantitative estimate of drug-likeness (QED) is 0.494. The van der Waals surface area contributed by atoms with E-state index < -0.39 is 5.97 Å². The van der Waals surface area contributed by atoms with Gasteiger partial charge in [-0.25, -0.2) is 14.2 Å². The average Bonchev–Trinajstić information content (AvgIpc) is 2.77. The molecule has 1 aliphatic heterocycles. The third-order valence-corrected chi connectivity index (χ3v) is 5.43. The van der Waals surface area contributed by atoms with E-state index in [1.807, 2.05) is 17.0 Å². The fourth-order valence-electron chi connectivity index (χ4n) is 3.76. The Morgan fingerprint density at radius 3 is 2.87 bits per heavy atom. The van der Waals surface area contributed by atoms with Gasteiger partial charge in [-0.2, -0.15) is 5.26 Å². The largest absolute Gasteiger partial charge is 0.477 e. The van der Waals surface area contributed by atoms with Crippen molar-refractivity contribution in [3.8, 4) is 6.07 Å². The zero-order valence-electron chi connectivity index (χ0n) is 17.0. The molecule has 3 rings (SSSR count). The van der Waals surface area contributed by atoms with Gasteiger partial charge in [0.25, 0.3) is 0 Å². The first-order valence-electron chi connectivity index (χ1n) is 9.74. The zero-order chi connectivity index (χ0) is 22.5. The van der Waals surface area contributed by atoms with Gasteiger partial charge >= 0.3 is 5.97 Å². The Bertz CT molecular complexity index is 1020. The summed E-state index contributed by atoms with van der Waals surface area (Å²) in [6.07, 6.45) is 2.08. The third-order valence-electron chi connectivity index (χ3n) is 5.19.